The van der Waals surface area contributed by atoms with Crippen molar-refractivity contribution in [2.45, 2.75) is 6.42 Å². The zero-order valence-electron chi connectivity index (χ0n) is 12.0. The number of hydrogen-bond donors (Lipinski definition) is 2. The van der Waals surface area contributed by atoms with Gasteiger partial charge in [-0.25, -0.2) is 0 Å². The quantitative estimate of drug-likeness (QED) is 0.674. The van der Waals surface area contributed by atoms with Gasteiger partial charge < -0.3 is 10.6 Å². The molecule has 0 aliphatic heterocycles. The normalized spacial score (nSPS) is 10.6. The number of carbonyl (C=O) groups excluding carboxylic acids is 1. The van der Waals surface area contributed by atoms with Crippen molar-refractivity contribution in [1.82, 2.24) is 5.32 Å². The zero-order valence-corrected chi connectivity index (χ0v) is 15.0. The first-order chi connectivity index (χ1) is 10.9. The summed E-state index contributed by atoms with van der Waals surface area (Å²) in [6, 6.07) is 10.2. The Morgan fingerprint density at radius 2 is 1.61 bits per heavy atom. The number of halogens is 4. The van der Waals surface area contributed by atoms with Gasteiger partial charge in [0.15, 0.2) is 0 Å². The predicted octanol–water partition coefficient (Wildman–Crippen LogP) is 5.07. The van der Waals surface area contributed by atoms with Crippen LogP contribution in [0, 0.1) is 0 Å². The highest BCUT2D eigenvalue weighted by Crippen LogP contribution is 2.22. The summed E-state index contributed by atoms with van der Waals surface area (Å²) < 4.78 is 0. The number of carbonyl (C=O) groups is 1. The largest absolute Gasteiger partial charge is 0.325 e. The van der Waals surface area contributed by atoms with Crippen LogP contribution < -0.4 is 10.6 Å². The maximum atomic E-state index is 11.9. The molecule has 0 spiro atoms. The third-order valence-corrected chi connectivity index (χ3v) is 4.04. The number of anilines is 1. The molecule has 0 bridgehead atoms. The Morgan fingerprint density at radius 3 is 2.26 bits per heavy atom. The fraction of sp³-hybridized carbons (Fsp3) is 0.188. The summed E-state index contributed by atoms with van der Waals surface area (Å²) in [5, 5.41) is 7.95. The van der Waals surface area contributed by atoms with Gasteiger partial charge in [-0.1, -0.05) is 52.5 Å². The highest BCUT2D eigenvalue weighted by Gasteiger charge is 2.05. The second-order valence-electron chi connectivity index (χ2n) is 4.87. The van der Waals surface area contributed by atoms with Gasteiger partial charge in [-0.2, -0.15) is 0 Å². The van der Waals surface area contributed by atoms with E-state index in [0.29, 0.717) is 38.7 Å². The molecule has 1 amide bonds. The van der Waals surface area contributed by atoms with E-state index in [-0.39, 0.29) is 12.5 Å². The van der Waals surface area contributed by atoms with Gasteiger partial charge in [0.25, 0.3) is 0 Å². The van der Waals surface area contributed by atoms with Crippen LogP contribution in [0.15, 0.2) is 36.4 Å². The molecular weight excluding hydrogens is 378 g/mol. The van der Waals surface area contributed by atoms with Crippen LogP contribution >= 0.6 is 46.4 Å². The lowest BCUT2D eigenvalue weighted by atomic mass is 10.1. The molecule has 2 aromatic rings. The van der Waals surface area contributed by atoms with Crippen LogP contribution in [0.1, 0.15) is 5.56 Å². The van der Waals surface area contributed by atoms with Crippen molar-refractivity contribution in [3.63, 3.8) is 0 Å². The lowest BCUT2D eigenvalue weighted by Gasteiger charge is -2.08. The highest BCUT2D eigenvalue weighted by molar-refractivity contribution is 6.35. The molecule has 2 aromatic carbocycles. The monoisotopic (exact) mass is 390 g/mol. The molecular formula is C16H14Cl4N2O. The Labute approximate surface area is 154 Å². The maximum Gasteiger partial charge on any atom is 0.238 e. The zero-order chi connectivity index (χ0) is 16.8. The molecule has 23 heavy (non-hydrogen) atoms. The van der Waals surface area contributed by atoms with E-state index in [1.165, 1.54) is 0 Å². The smallest absolute Gasteiger partial charge is 0.238 e. The molecule has 0 aromatic heterocycles. The topological polar surface area (TPSA) is 41.1 Å². The molecule has 0 saturated heterocycles. The number of rotatable bonds is 6. The first kappa shape index (κ1) is 18.4. The maximum absolute atomic E-state index is 11.9. The van der Waals surface area contributed by atoms with Gasteiger partial charge in [-0.15, -0.1) is 0 Å². The average molecular weight is 392 g/mol. The van der Waals surface area contributed by atoms with E-state index in [2.05, 4.69) is 10.6 Å². The fourth-order valence-electron chi connectivity index (χ4n) is 1.98. The summed E-state index contributed by atoms with van der Waals surface area (Å²) in [6.45, 7) is 0.792. The Bertz CT molecular complexity index is 686. The van der Waals surface area contributed by atoms with Crippen molar-refractivity contribution >= 4 is 58.0 Å². The van der Waals surface area contributed by atoms with Crippen LogP contribution in [0.4, 0.5) is 5.69 Å². The van der Waals surface area contributed by atoms with E-state index in [4.69, 9.17) is 46.4 Å². The minimum Gasteiger partial charge on any atom is -0.325 e. The van der Waals surface area contributed by atoms with Gasteiger partial charge in [-0.3, -0.25) is 4.79 Å². The fourth-order valence-corrected chi connectivity index (χ4v) is 3.01. The second kappa shape index (κ2) is 8.76. The minimum absolute atomic E-state index is 0.175. The van der Waals surface area contributed by atoms with E-state index in [0.717, 1.165) is 5.56 Å². The van der Waals surface area contributed by atoms with Gasteiger partial charge >= 0.3 is 0 Å². The molecule has 0 unspecified atom stereocenters. The van der Waals surface area contributed by atoms with Crippen molar-refractivity contribution in [3.8, 4) is 0 Å². The number of hydrogen-bond acceptors (Lipinski definition) is 2. The van der Waals surface area contributed by atoms with E-state index < -0.39 is 0 Å². The molecule has 2 N–H and O–H groups in total. The Hall–Kier alpha value is -0.970. The van der Waals surface area contributed by atoms with Crippen LogP contribution in [0.5, 0.6) is 0 Å². The predicted molar refractivity (Wildman–Crippen MR) is 98.1 cm³/mol. The molecule has 0 heterocycles. The molecule has 0 fully saturated rings. The van der Waals surface area contributed by atoms with Crippen LogP contribution in [-0.2, 0) is 11.2 Å². The Kier molecular flexibility index (Phi) is 7.00. The molecule has 0 aliphatic carbocycles. The first-order valence-electron chi connectivity index (χ1n) is 6.84. The van der Waals surface area contributed by atoms with Crippen LogP contribution in [0.2, 0.25) is 20.1 Å². The van der Waals surface area contributed by atoms with Crippen molar-refractivity contribution in [3.05, 3.63) is 62.1 Å². The summed E-state index contributed by atoms with van der Waals surface area (Å²) in [7, 11) is 0. The van der Waals surface area contributed by atoms with Crippen molar-refractivity contribution in [2.75, 3.05) is 18.4 Å². The van der Waals surface area contributed by atoms with Crippen molar-refractivity contribution < 1.29 is 4.79 Å². The van der Waals surface area contributed by atoms with E-state index in [1.54, 1.807) is 30.3 Å². The molecule has 0 saturated carbocycles. The van der Waals surface area contributed by atoms with Gasteiger partial charge in [0.1, 0.15) is 0 Å². The molecule has 0 radical (unpaired) electrons. The first-order valence-corrected chi connectivity index (χ1v) is 8.36. The van der Waals surface area contributed by atoms with Gasteiger partial charge in [-0.05, 0) is 48.9 Å². The number of nitrogens with one attached hydrogen (secondary N) is 2. The van der Waals surface area contributed by atoms with Gasteiger partial charge in [0.2, 0.25) is 5.91 Å². The summed E-state index contributed by atoms with van der Waals surface area (Å²) in [6.07, 6.45) is 0.701. The Balaban J connectivity index is 1.76. The standard InChI is InChI=1S/C16H14Cl4N2O/c17-11-2-1-10(15(20)8-11)3-4-21-9-16(23)22-14-6-12(18)5-13(19)7-14/h1-2,5-8,21H,3-4,9H2,(H,22,23). The third-order valence-electron chi connectivity index (χ3n) is 3.02. The van der Waals surface area contributed by atoms with Crippen LogP contribution in [0.3, 0.4) is 0 Å². The molecule has 0 atom stereocenters. The summed E-state index contributed by atoms with van der Waals surface area (Å²) in [4.78, 5) is 11.9. The van der Waals surface area contributed by atoms with E-state index >= 15 is 0 Å². The minimum atomic E-state index is -0.175. The summed E-state index contributed by atoms with van der Waals surface area (Å²) >= 11 is 23.7. The number of amides is 1. The average Bonchev–Trinajstić information content (AvgIpc) is 2.44. The van der Waals surface area contributed by atoms with Gasteiger partial charge in [0, 0.05) is 25.8 Å². The molecule has 122 valence electrons. The lowest BCUT2D eigenvalue weighted by molar-refractivity contribution is -0.115. The highest BCUT2D eigenvalue weighted by atomic mass is 35.5. The molecule has 7 heteroatoms. The molecule has 2 rings (SSSR count). The second-order valence-corrected chi connectivity index (χ2v) is 6.59. The molecule has 3 nitrogen and oxygen atoms in total. The van der Waals surface area contributed by atoms with Crippen molar-refractivity contribution in [1.29, 1.82) is 0 Å². The summed E-state index contributed by atoms with van der Waals surface area (Å²) in [5.41, 5.74) is 1.54. The van der Waals surface area contributed by atoms with E-state index in [1.807, 2.05) is 6.07 Å². The lowest BCUT2D eigenvalue weighted by Crippen LogP contribution is -2.29. The van der Waals surface area contributed by atoms with E-state index in [9.17, 15) is 4.79 Å². The SMILES string of the molecule is O=C(CNCCc1ccc(Cl)cc1Cl)Nc1cc(Cl)cc(Cl)c1. The third kappa shape index (κ3) is 6.21. The van der Waals surface area contributed by atoms with Crippen LogP contribution in [0.25, 0.3) is 0 Å². The molecule has 0 aliphatic rings. The van der Waals surface area contributed by atoms with Crippen LogP contribution in [-0.4, -0.2) is 19.0 Å². The van der Waals surface area contributed by atoms with Crippen molar-refractivity contribution in [2.24, 2.45) is 0 Å². The Morgan fingerprint density at radius 1 is 0.913 bits per heavy atom. The number of benzene rings is 2. The summed E-state index contributed by atoms with van der Waals surface area (Å²) in [5.74, 6) is -0.175. The van der Waals surface area contributed by atoms with Gasteiger partial charge in [0.05, 0.1) is 6.54 Å².